The number of nitrogens with one attached hydrogen (secondary N) is 2. The molecule has 2 N–H and O–H groups in total. The van der Waals surface area contributed by atoms with Crippen LogP contribution in [-0.4, -0.2) is 26.8 Å². The average molecular weight is 337 g/mol. The van der Waals surface area contributed by atoms with Gasteiger partial charge < -0.3 is 4.52 Å². The van der Waals surface area contributed by atoms with E-state index < -0.39 is 11.8 Å². The highest BCUT2D eigenvalue weighted by atomic mass is 16.5. The van der Waals surface area contributed by atoms with Crippen LogP contribution in [0.3, 0.4) is 0 Å². The Balaban J connectivity index is 1.55. The Bertz CT molecular complexity index is 911. The van der Waals surface area contributed by atoms with Gasteiger partial charge in [-0.3, -0.25) is 25.1 Å². The van der Waals surface area contributed by atoms with Crippen LogP contribution in [0.5, 0.6) is 0 Å². The summed E-state index contributed by atoms with van der Waals surface area (Å²) in [5.41, 5.74) is 6.18. The summed E-state index contributed by atoms with van der Waals surface area (Å²) in [7, 11) is 1.78. The van der Waals surface area contributed by atoms with Crippen LogP contribution >= 0.6 is 0 Å². The van der Waals surface area contributed by atoms with E-state index in [9.17, 15) is 9.59 Å². The lowest BCUT2D eigenvalue weighted by molar-refractivity contribution is -0.117. The van der Waals surface area contributed by atoms with Crippen molar-refractivity contribution in [1.82, 2.24) is 25.8 Å². The molecule has 0 unspecified atom stereocenters. The first-order chi connectivity index (χ1) is 12.1. The van der Waals surface area contributed by atoms with Gasteiger partial charge in [0.1, 0.15) is 0 Å². The molecule has 0 saturated heterocycles. The maximum atomic E-state index is 12.0. The second kappa shape index (κ2) is 7.26. The highest BCUT2D eigenvalue weighted by Crippen LogP contribution is 2.19. The molecule has 25 heavy (non-hydrogen) atoms. The number of amides is 2. The molecule has 0 aliphatic heterocycles. The smallest absolute Gasteiger partial charge is 0.291 e. The molecule has 0 saturated carbocycles. The van der Waals surface area contributed by atoms with Crippen LogP contribution in [0.4, 0.5) is 0 Å². The fraction of sp³-hybridized carbons (Fsp3) is 0.0588. The molecule has 0 spiro atoms. The van der Waals surface area contributed by atoms with E-state index in [1.165, 1.54) is 12.1 Å². The zero-order valence-electron chi connectivity index (χ0n) is 13.3. The number of rotatable bonds is 4. The summed E-state index contributed by atoms with van der Waals surface area (Å²) in [4.78, 5) is 23.7. The zero-order chi connectivity index (χ0) is 17.6. The van der Waals surface area contributed by atoms with E-state index in [-0.39, 0.29) is 5.69 Å². The molecule has 0 aliphatic rings. The summed E-state index contributed by atoms with van der Waals surface area (Å²) in [6, 6.07) is 10.8. The third-order valence-electron chi connectivity index (χ3n) is 3.25. The summed E-state index contributed by atoms with van der Waals surface area (Å²) in [5.74, 6) is -0.591. The predicted molar refractivity (Wildman–Crippen MR) is 89.8 cm³/mol. The van der Waals surface area contributed by atoms with Gasteiger partial charge in [-0.05, 0) is 6.08 Å². The highest BCUT2D eigenvalue weighted by molar-refractivity contribution is 5.97. The van der Waals surface area contributed by atoms with Crippen molar-refractivity contribution < 1.29 is 14.1 Å². The maximum Gasteiger partial charge on any atom is 0.291 e. The molecule has 2 amide bonds. The number of hydrogen-bond donors (Lipinski definition) is 2. The Hall–Kier alpha value is -3.68. The molecule has 0 fully saturated rings. The van der Waals surface area contributed by atoms with Crippen molar-refractivity contribution in [2.75, 3.05) is 0 Å². The summed E-state index contributed by atoms with van der Waals surface area (Å²) >= 11 is 0. The number of hydrazine groups is 1. The molecule has 3 rings (SSSR count). The molecule has 126 valence electrons. The first-order valence-corrected chi connectivity index (χ1v) is 7.41. The van der Waals surface area contributed by atoms with Crippen LogP contribution < -0.4 is 10.9 Å². The van der Waals surface area contributed by atoms with E-state index in [4.69, 9.17) is 4.52 Å². The number of benzene rings is 1. The third-order valence-corrected chi connectivity index (χ3v) is 3.25. The zero-order valence-corrected chi connectivity index (χ0v) is 13.3. The van der Waals surface area contributed by atoms with Gasteiger partial charge in [0.05, 0.1) is 6.20 Å². The second-order valence-electron chi connectivity index (χ2n) is 5.17. The number of aryl methyl sites for hydroxylation is 1. The van der Waals surface area contributed by atoms with Crippen molar-refractivity contribution in [2.45, 2.75) is 0 Å². The van der Waals surface area contributed by atoms with Gasteiger partial charge in [0.2, 0.25) is 0 Å². The molecule has 0 aliphatic carbocycles. The minimum atomic E-state index is -0.575. The average Bonchev–Trinajstić information content (AvgIpc) is 3.28. The van der Waals surface area contributed by atoms with Crippen LogP contribution in [0.25, 0.3) is 17.4 Å². The van der Waals surface area contributed by atoms with Crippen molar-refractivity contribution in [1.29, 1.82) is 0 Å². The van der Waals surface area contributed by atoms with Crippen LogP contribution in [0.2, 0.25) is 0 Å². The van der Waals surface area contributed by atoms with E-state index in [0.29, 0.717) is 5.76 Å². The number of carbonyl (C=O) groups is 2. The van der Waals surface area contributed by atoms with Crippen LogP contribution in [0, 0.1) is 0 Å². The quantitative estimate of drug-likeness (QED) is 0.555. The summed E-state index contributed by atoms with van der Waals surface area (Å²) in [5, 5.41) is 7.68. The van der Waals surface area contributed by atoms with Gasteiger partial charge in [-0.25, -0.2) is 0 Å². The lowest BCUT2D eigenvalue weighted by Crippen LogP contribution is -2.40. The Morgan fingerprint density at radius 3 is 2.72 bits per heavy atom. The van der Waals surface area contributed by atoms with Crippen LogP contribution in [-0.2, 0) is 11.8 Å². The van der Waals surface area contributed by atoms with Gasteiger partial charge in [0.25, 0.3) is 11.8 Å². The SMILES string of the molecule is Cn1cc(/C=C\C(=O)NNC(=O)c2cc(-c3ccccc3)on2)cn1. The molecule has 8 nitrogen and oxygen atoms in total. The first kappa shape index (κ1) is 16.2. The Morgan fingerprint density at radius 1 is 1.20 bits per heavy atom. The Morgan fingerprint density at radius 2 is 2.00 bits per heavy atom. The Labute approximate surface area is 143 Å². The van der Waals surface area contributed by atoms with Gasteiger partial charge in [0, 0.05) is 36.5 Å². The highest BCUT2D eigenvalue weighted by Gasteiger charge is 2.13. The molecule has 0 radical (unpaired) electrons. The first-order valence-electron chi connectivity index (χ1n) is 7.41. The number of nitrogens with zero attached hydrogens (tertiary/aromatic N) is 3. The number of aromatic nitrogens is 3. The maximum absolute atomic E-state index is 12.0. The third kappa shape index (κ3) is 4.20. The molecule has 8 heteroatoms. The van der Waals surface area contributed by atoms with Gasteiger partial charge in [0.15, 0.2) is 11.5 Å². The van der Waals surface area contributed by atoms with Crippen molar-refractivity contribution in [3.05, 3.63) is 66.1 Å². The van der Waals surface area contributed by atoms with E-state index in [1.807, 2.05) is 30.3 Å². The Kier molecular flexibility index (Phi) is 4.70. The molecule has 2 aromatic heterocycles. The van der Waals surface area contributed by atoms with E-state index in [2.05, 4.69) is 21.1 Å². The minimum absolute atomic E-state index is 0.0652. The van der Waals surface area contributed by atoms with Crippen LogP contribution in [0.1, 0.15) is 16.1 Å². The van der Waals surface area contributed by atoms with Crippen molar-refractivity contribution in [3.8, 4) is 11.3 Å². The summed E-state index contributed by atoms with van der Waals surface area (Å²) in [6.07, 6.45) is 6.24. The standard InChI is InChI=1S/C17H15N5O3/c1-22-11-12(10-18-22)7-8-16(23)19-20-17(24)14-9-15(25-21-14)13-5-3-2-4-6-13/h2-11H,1H3,(H,19,23)(H,20,24)/b8-7-. The van der Waals surface area contributed by atoms with E-state index in [1.54, 1.807) is 30.2 Å². The summed E-state index contributed by atoms with van der Waals surface area (Å²) in [6.45, 7) is 0. The van der Waals surface area contributed by atoms with Crippen molar-refractivity contribution >= 4 is 17.9 Å². The van der Waals surface area contributed by atoms with Gasteiger partial charge in [-0.2, -0.15) is 5.10 Å². The minimum Gasteiger partial charge on any atom is -0.355 e. The summed E-state index contributed by atoms with van der Waals surface area (Å²) < 4.78 is 6.76. The largest absolute Gasteiger partial charge is 0.355 e. The molecule has 0 bridgehead atoms. The lowest BCUT2D eigenvalue weighted by atomic mass is 10.1. The van der Waals surface area contributed by atoms with Gasteiger partial charge in [-0.1, -0.05) is 35.5 Å². The lowest BCUT2D eigenvalue weighted by Gasteiger charge is -2.01. The van der Waals surface area contributed by atoms with Gasteiger partial charge >= 0.3 is 0 Å². The molecule has 0 atom stereocenters. The van der Waals surface area contributed by atoms with Crippen molar-refractivity contribution in [3.63, 3.8) is 0 Å². The normalized spacial score (nSPS) is 10.8. The van der Waals surface area contributed by atoms with Crippen LogP contribution in [0.15, 0.2) is 59.4 Å². The fourth-order valence-corrected chi connectivity index (χ4v) is 2.04. The number of carbonyl (C=O) groups excluding carboxylic acids is 2. The van der Waals surface area contributed by atoms with Crippen molar-refractivity contribution in [2.24, 2.45) is 7.05 Å². The molecular formula is C17H15N5O3. The second-order valence-corrected chi connectivity index (χ2v) is 5.17. The fourth-order valence-electron chi connectivity index (χ4n) is 2.04. The van der Waals surface area contributed by atoms with E-state index >= 15 is 0 Å². The topological polar surface area (TPSA) is 102 Å². The predicted octanol–water partition coefficient (Wildman–Crippen LogP) is 1.55. The van der Waals surface area contributed by atoms with E-state index in [0.717, 1.165) is 11.1 Å². The molecule has 1 aromatic carbocycles. The molecule has 3 aromatic rings. The molecule has 2 heterocycles. The molecular weight excluding hydrogens is 322 g/mol. The number of hydrogen-bond acceptors (Lipinski definition) is 5. The monoisotopic (exact) mass is 337 g/mol. The van der Waals surface area contributed by atoms with Gasteiger partial charge in [-0.15, -0.1) is 0 Å².